The summed E-state index contributed by atoms with van der Waals surface area (Å²) in [7, 11) is 0. The fraction of sp³-hybridized carbons (Fsp3) is 0.111. The van der Waals surface area contributed by atoms with E-state index in [9.17, 15) is 14.9 Å². The Labute approximate surface area is 138 Å². The maximum Gasteiger partial charge on any atom is 0.270 e. The van der Waals surface area contributed by atoms with Gasteiger partial charge in [0.05, 0.1) is 10.5 Å². The molecule has 0 saturated carbocycles. The SMILES string of the molecule is NC(=O)c1c(CCc2ccccn2)ccc2cc([N+](=O)[O-])ccc12. The van der Waals surface area contributed by atoms with E-state index >= 15 is 0 Å². The number of non-ortho nitro benzene ring substituents is 1. The first-order valence-electron chi connectivity index (χ1n) is 7.46. The van der Waals surface area contributed by atoms with Crippen molar-refractivity contribution in [3.05, 3.63) is 81.7 Å². The van der Waals surface area contributed by atoms with E-state index in [0.717, 1.165) is 11.3 Å². The minimum Gasteiger partial charge on any atom is -0.366 e. The fourth-order valence-electron chi connectivity index (χ4n) is 2.78. The van der Waals surface area contributed by atoms with Crippen molar-refractivity contribution in [1.82, 2.24) is 4.98 Å². The second kappa shape index (κ2) is 6.45. The number of pyridine rings is 1. The summed E-state index contributed by atoms with van der Waals surface area (Å²) in [6, 6.07) is 13.7. The van der Waals surface area contributed by atoms with Crippen molar-refractivity contribution in [1.29, 1.82) is 0 Å². The Hall–Kier alpha value is -3.28. The van der Waals surface area contributed by atoms with Crippen molar-refractivity contribution >= 4 is 22.4 Å². The van der Waals surface area contributed by atoms with Crippen molar-refractivity contribution in [3.63, 3.8) is 0 Å². The molecule has 0 unspecified atom stereocenters. The first-order chi connectivity index (χ1) is 11.6. The Balaban J connectivity index is 2.01. The number of aryl methyl sites for hydroxylation is 2. The predicted molar refractivity (Wildman–Crippen MR) is 90.8 cm³/mol. The number of hydrogen-bond acceptors (Lipinski definition) is 4. The van der Waals surface area contributed by atoms with E-state index in [2.05, 4.69) is 4.98 Å². The van der Waals surface area contributed by atoms with E-state index in [1.807, 2.05) is 18.2 Å². The van der Waals surface area contributed by atoms with Crippen LogP contribution in [0.15, 0.2) is 54.7 Å². The molecule has 2 N–H and O–H groups in total. The highest BCUT2D eigenvalue weighted by Crippen LogP contribution is 2.27. The number of primary amides is 1. The van der Waals surface area contributed by atoms with Gasteiger partial charge in [-0.25, -0.2) is 0 Å². The molecule has 3 rings (SSSR count). The lowest BCUT2D eigenvalue weighted by molar-refractivity contribution is -0.384. The number of rotatable bonds is 5. The Morgan fingerprint density at radius 2 is 1.96 bits per heavy atom. The maximum absolute atomic E-state index is 11.9. The number of carbonyl (C=O) groups excluding carboxylic acids is 1. The van der Waals surface area contributed by atoms with Crippen LogP contribution in [0.5, 0.6) is 0 Å². The molecule has 1 heterocycles. The van der Waals surface area contributed by atoms with Gasteiger partial charge in [-0.1, -0.05) is 18.2 Å². The maximum atomic E-state index is 11.9. The predicted octanol–water partition coefficient (Wildman–Crippen LogP) is 3.03. The molecule has 0 aliphatic rings. The molecule has 120 valence electrons. The topological polar surface area (TPSA) is 99.1 Å². The lowest BCUT2D eigenvalue weighted by Gasteiger charge is -2.10. The molecule has 0 aliphatic heterocycles. The number of nitro benzene ring substituents is 1. The van der Waals surface area contributed by atoms with Gasteiger partial charge in [-0.3, -0.25) is 19.9 Å². The summed E-state index contributed by atoms with van der Waals surface area (Å²) in [5.41, 5.74) is 7.70. The van der Waals surface area contributed by atoms with Gasteiger partial charge >= 0.3 is 0 Å². The van der Waals surface area contributed by atoms with E-state index in [1.165, 1.54) is 12.1 Å². The third-order valence-electron chi connectivity index (χ3n) is 3.92. The largest absolute Gasteiger partial charge is 0.366 e. The quantitative estimate of drug-likeness (QED) is 0.576. The standard InChI is InChI=1S/C18H15N3O3/c19-18(22)17-12(6-7-14-3-1-2-10-20-14)4-5-13-11-15(21(23)24)8-9-16(13)17/h1-5,8-11H,6-7H2,(H2,19,22). The van der Waals surface area contributed by atoms with Crippen LogP contribution in [-0.4, -0.2) is 15.8 Å². The number of fused-ring (bicyclic) bond motifs is 1. The van der Waals surface area contributed by atoms with Crippen molar-refractivity contribution in [2.75, 3.05) is 0 Å². The highest BCUT2D eigenvalue weighted by atomic mass is 16.6. The zero-order valence-electron chi connectivity index (χ0n) is 12.8. The van der Waals surface area contributed by atoms with E-state index in [0.29, 0.717) is 29.2 Å². The molecule has 3 aromatic rings. The smallest absolute Gasteiger partial charge is 0.270 e. The monoisotopic (exact) mass is 321 g/mol. The van der Waals surface area contributed by atoms with Gasteiger partial charge in [0.2, 0.25) is 5.91 Å². The fourth-order valence-corrected chi connectivity index (χ4v) is 2.78. The van der Waals surface area contributed by atoms with Gasteiger partial charge in [-0.15, -0.1) is 0 Å². The van der Waals surface area contributed by atoms with Gasteiger partial charge in [0.25, 0.3) is 5.69 Å². The zero-order valence-corrected chi connectivity index (χ0v) is 12.8. The third-order valence-corrected chi connectivity index (χ3v) is 3.92. The van der Waals surface area contributed by atoms with Gasteiger partial charge in [-0.05, 0) is 47.4 Å². The van der Waals surface area contributed by atoms with E-state index in [-0.39, 0.29) is 5.69 Å². The second-order valence-electron chi connectivity index (χ2n) is 5.45. The van der Waals surface area contributed by atoms with Crippen molar-refractivity contribution in [2.45, 2.75) is 12.8 Å². The molecular weight excluding hydrogens is 306 g/mol. The molecule has 0 saturated heterocycles. The number of hydrogen-bond donors (Lipinski definition) is 1. The van der Waals surface area contributed by atoms with Crippen LogP contribution in [0, 0.1) is 10.1 Å². The van der Waals surface area contributed by atoms with Crippen molar-refractivity contribution in [3.8, 4) is 0 Å². The number of nitrogens with zero attached hydrogens (tertiary/aromatic N) is 2. The van der Waals surface area contributed by atoms with Crippen LogP contribution in [-0.2, 0) is 12.8 Å². The van der Waals surface area contributed by atoms with Crippen LogP contribution in [0.3, 0.4) is 0 Å². The molecule has 0 atom stereocenters. The lowest BCUT2D eigenvalue weighted by Crippen LogP contribution is -2.15. The van der Waals surface area contributed by atoms with Gasteiger partial charge in [0.15, 0.2) is 0 Å². The van der Waals surface area contributed by atoms with Crippen LogP contribution in [0.2, 0.25) is 0 Å². The van der Waals surface area contributed by atoms with Crippen molar-refractivity contribution < 1.29 is 9.72 Å². The summed E-state index contributed by atoms with van der Waals surface area (Å²) < 4.78 is 0. The van der Waals surface area contributed by atoms with Gasteiger partial charge in [-0.2, -0.15) is 0 Å². The average Bonchev–Trinajstić information content (AvgIpc) is 2.59. The van der Waals surface area contributed by atoms with E-state index in [1.54, 1.807) is 24.4 Å². The first-order valence-corrected chi connectivity index (χ1v) is 7.46. The van der Waals surface area contributed by atoms with E-state index < -0.39 is 10.8 Å². The molecule has 6 heteroatoms. The summed E-state index contributed by atoms with van der Waals surface area (Å²) in [4.78, 5) is 26.6. The summed E-state index contributed by atoms with van der Waals surface area (Å²) in [6.45, 7) is 0. The van der Waals surface area contributed by atoms with Gasteiger partial charge < -0.3 is 5.73 Å². The van der Waals surface area contributed by atoms with Gasteiger partial charge in [0.1, 0.15) is 0 Å². The summed E-state index contributed by atoms with van der Waals surface area (Å²) >= 11 is 0. The molecule has 0 radical (unpaired) electrons. The molecule has 24 heavy (non-hydrogen) atoms. The van der Waals surface area contributed by atoms with Crippen LogP contribution in [0.4, 0.5) is 5.69 Å². The second-order valence-corrected chi connectivity index (χ2v) is 5.45. The number of carbonyl (C=O) groups is 1. The summed E-state index contributed by atoms with van der Waals surface area (Å²) in [5, 5.41) is 12.2. The van der Waals surface area contributed by atoms with E-state index in [4.69, 9.17) is 5.73 Å². The molecular formula is C18H15N3O3. The average molecular weight is 321 g/mol. The molecule has 0 fully saturated rings. The molecule has 1 aromatic heterocycles. The summed E-state index contributed by atoms with van der Waals surface area (Å²) in [5.74, 6) is -0.537. The molecule has 0 aliphatic carbocycles. The molecule has 1 amide bonds. The summed E-state index contributed by atoms with van der Waals surface area (Å²) in [6.07, 6.45) is 3.02. The molecule has 2 aromatic carbocycles. The number of benzene rings is 2. The number of aromatic nitrogens is 1. The number of amides is 1. The van der Waals surface area contributed by atoms with Crippen LogP contribution >= 0.6 is 0 Å². The van der Waals surface area contributed by atoms with Gasteiger partial charge in [0, 0.05) is 24.0 Å². The highest BCUT2D eigenvalue weighted by molar-refractivity contribution is 6.08. The third kappa shape index (κ3) is 3.08. The Morgan fingerprint density at radius 1 is 1.12 bits per heavy atom. The first kappa shape index (κ1) is 15.6. The number of nitro groups is 1. The van der Waals surface area contributed by atoms with Crippen LogP contribution in [0.25, 0.3) is 10.8 Å². The molecule has 0 spiro atoms. The van der Waals surface area contributed by atoms with Crippen LogP contribution < -0.4 is 5.73 Å². The minimum atomic E-state index is -0.537. The normalized spacial score (nSPS) is 10.7. The van der Waals surface area contributed by atoms with Crippen LogP contribution in [0.1, 0.15) is 21.6 Å². The molecule has 6 nitrogen and oxygen atoms in total. The Kier molecular flexibility index (Phi) is 4.20. The Morgan fingerprint density at radius 3 is 2.62 bits per heavy atom. The minimum absolute atomic E-state index is 0.0147. The zero-order chi connectivity index (χ0) is 17.1. The number of nitrogens with two attached hydrogens (primary N) is 1. The highest BCUT2D eigenvalue weighted by Gasteiger charge is 2.15. The lowest BCUT2D eigenvalue weighted by atomic mass is 9.95. The van der Waals surface area contributed by atoms with Crippen molar-refractivity contribution in [2.24, 2.45) is 5.73 Å². The molecule has 0 bridgehead atoms. The Bertz CT molecular complexity index is 923.